The Morgan fingerprint density at radius 3 is 2.45 bits per heavy atom. The predicted octanol–water partition coefficient (Wildman–Crippen LogP) is -0.623. The van der Waals surface area contributed by atoms with Gasteiger partial charge < -0.3 is 20.5 Å². The summed E-state index contributed by atoms with van der Waals surface area (Å²) in [6.07, 6.45) is -1.72. The van der Waals surface area contributed by atoms with E-state index in [0.29, 0.717) is 5.82 Å². The average Bonchev–Trinajstić information content (AvgIpc) is 2.34. The van der Waals surface area contributed by atoms with E-state index in [9.17, 15) is 14.4 Å². The number of aliphatic hydroxyl groups excluding tert-OH is 1. The van der Waals surface area contributed by atoms with Gasteiger partial charge in [-0.25, -0.2) is 9.78 Å². The van der Waals surface area contributed by atoms with Crippen LogP contribution in [0.5, 0.6) is 0 Å². The lowest BCUT2D eigenvalue weighted by atomic mass is 10.1. The molecule has 0 aliphatic rings. The maximum atomic E-state index is 11.9. The average molecular weight is 283 g/mol. The van der Waals surface area contributed by atoms with E-state index in [2.05, 4.69) is 15.3 Å². The highest BCUT2D eigenvalue weighted by atomic mass is 16.4. The van der Waals surface area contributed by atoms with Crippen molar-refractivity contribution in [2.45, 2.75) is 32.8 Å². The molecule has 8 heteroatoms. The minimum atomic E-state index is -1.72. The number of aliphatic hydroxyl groups is 1. The van der Waals surface area contributed by atoms with Gasteiger partial charge in [0.05, 0.1) is 12.2 Å². The Labute approximate surface area is 114 Å². The van der Waals surface area contributed by atoms with E-state index < -0.39 is 30.1 Å². The minimum Gasteiger partial charge on any atom is -0.479 e. The van der Waals surface area contributed by atoms with Gasteiger partial charge in [-0.2, -0.15) is 0 Å². The van der Waals surface area contributed by atoms with Gasteiger partial charge in [-0.15, -0.1) is 0 Å². The van der Waals surface area contributed by atoms with Crippen LogP contribution in [0.4, 0.5) is 0 Å². The molecule has 1 amide bonds. The number of carbonyl (C=O) groups is 2. The molecule has 1 aromatic rings. The van der Waals surface area contributed by atoms with Crippen LogP contribution in [-0.2, 0) is 4.79 Å². The molecule has 0 aromatic carbocycles. The molecule has 110 valence electrons. The Bertz CT molecular complexity index is 579. The number of amides is 1. The smallest absolute Gasteiger partial charge is 0.334 e. The first-order valence-electron chi connectivity index (χ1n) is 6.04. The SMILES string of the molecule is Cc1nc(C(C)C)[nH]c(=O)c1C(=O)NC[C@H](O)C(=O)O. The van der Waals surface area contributed by atoms with Crippen molar-refractivity contribution in [3.05, 3.63) is 27.4 Å². The Hall–Kier alpha value is -2.22. The lowest BCUT2D eigenvalue weighted by Gasteiger charge is -2.10. The van der Waals surface area contributed by atoms with E-state index in [1.54, 1.807) is 0 Å². The zero-order valence-corrected chi connectivity index (χ0v) is 11.4. The lowest BCUT2D eigenvalue weighted by molar-refractivity contribution is -0.146. The molecule has 0 aliphatic heterocycles. The maximum absolute atomic E-state index is 11.9. The highest BCUT2D eigenvalue weighted by molar-refractivity contribution is 5.95. The van der Waals surface area contributed by atoms with Crippen LogP contribution in [0.25, 0.3) is 0 Å². The van der Waals surface area contributed by atoms with Gasteiger partial charge in [-0.3, -0.25) is 9.59 Å². The van der Waals surface area contributed by atoms with Crippen LogP contribution in [0.3, 0.4) is 0 Å². The minimum absolute atomic E-state index is 0.00680. The molecule has 20 heavy (non-hydrogen) atoms. The van der Waals surface area contributed by atoms with Gasteiger partial charge in [0.2, 0.25) is 0 Å². The number of carboxylic acid groups (broad SMARTS) is 1. The first kappa shape index (κ1) is 15.8. The molecule has 0 saturated carbocycles. The summed E-state index contributed by atoms with van der Waals surface area (Å²) in [5.41, 5.74) is -0.532. The highest BCUT2D eigenvalue weighted by Gasteiger charge is 2.19. The number of nitrogens with one attached hydrogen (secondary N) is 2. The van der Waals surface area contributed by atoms with Gasteiger partial charge in [0.25, 0.3) is 11.5 Å². The van der Waals surface area contributed by atoms with Gasteiger partial charge in [0.15, 0.2) is 6.10 Å². The maximum Gasteiger partial charge on any atom is 0.334 e. The molecule has 8 nitrogen and oxygen atoms in total. The third-order valence-electron chi connectivity index (χ3n) is 2.63. The van der Waals surface area contributed by atoms with E-state index >= 15 is 0 Å². The number of hydrogen-bond acceptors (Lipinski definition) is 5. The summed E-state index contributed by atoms with van der Waals surface area (Å²) in [6, 6.07) is 0. The first-order valence-corrected chi connectivity index (χ1v) is 6.04. The zero-order valence-electron chi connectivity index (χ0n) is 11.4. The molecule has 0 aliphatic carbocycles. The fraction of sp³-hybridized carbons (Fsp3) is 0.500. The van der Waals surface area contributed by atoms with Gasteiger partial charge in [-0.05, 0) is 6.92 Å². The van der Waals surface area contributed by atoms with Crippen molar-refractivity contribution in [1.82, 2.24) is 15.3 Å². The van der Waals surface area contributed by atoms with E-state index in [1.807, 2.05) is 13.8 Å². The highest BCUT2D eigenvalue weighted by Crippen LogP contribution is 2.08. The number of aryl methyl sites for hydroxylation is 1. The molecule has 0 radical (unpaired) electrons. The normalized spacial score (nSPS) is 12.2. The fourth-order valence-corrected chi connectivity index (χ4v) is 1.51. The van der Waals surface area contributed by atoms with Crippen LogP contribution in [0.15, 0.2) is 4.79 Å². The molecule has 0 spiro atoms. The van der Waals surface area contributed by atoms with E-state index in [0.717, 1.165) is 0 Å². The third kappa shape index (κ3) is 3.64. The Morgan fingerprint density at radius 1 is 1.40 bits per heavy atom. The second-order valence-corrected chi connectivity index (χ2v) is 4.63. The standard InChI is InChI=1S/C12H17N3O5/c1-5(2)9-14-6(3)8(11(18)15-9)10(17)13-4-7(16)12(19)20/h5,7,16H,4H2,1-3H3,(H,13,17)(H,19,20)(H,14,15,18)/t7-/m0/s1. The molecule has 0 bridgehead atoms. The van der Waals surface area contributed by atoms with Crippen molar-refractivity contribution in [1.29, 1.82) is 0 Å². The van der Waals surface area contributed by atoms with Crippen LogP contribution in [0.2, 0.25) is 0 Å². The summed E-state index contributed by atoms with van der Waals surface area (Å²) in [7, 11) is 0. The number of H-pyrrole nitrogens is 1. The molecular formula is C12H17N3O5. The molecule has 1 aromatic heterocycles. The fourth-order valence-electron chi connectivity index (χ4n) is 1.51. The van der Waals surface area contributed by atoms with Crippen molar-refractivity contribution in [2.24, 2.45) is 0 Å². The number of nitrogens with zero attached hydrogens (tertiary/aromatic N) is 1. The van der Waals surface area contributed by atoms with Crippen LogP contribution < -0.4 is 10.9 Å². The number of hydrogen-bond donors (Lipinski definition) is 4. The van der Waals surface area contributed by atoms with Crippen LogP contribution in [0, 0.1) is 6.92 Å². The second kappa shape index (κ2) is 6.29. The number of aromatic nitrogens is 2. The molecule has 1 heterocycles. The number of carboxylic acids is 1. The van der Waals surface area contributed by atoms with E-state index in [1.165, 1.54) is 6.92 Å². The largest absolute Gasteiger partial charge is 0.479 e. The van der Waals surface area contributed by atoms with Crippen molar-refractivity contribution in [2.75, 3.05) is 6.54 Å². The zero-order chi connectivity index (χ0) is 15.4. The van der Waals surface area contributed by atoms with Crippen LogP contribution in [0.1, 0.15) is 41.6 Å². The summed E-state index contributed by atoms with van der Waals surface area (Å²) >= 11 is 0. The Kier molecular flexibility index (Phi) is 4.98. The van der Waals surface area contributed by atoms with Gasteiger partial charge in [0.1, 0.15) is 11.4 Å². The van der Waals surface area contributed by atoms with Crippen molar-refractivity contribution in [3.63, 3.8) is 0 Å². The molecular weight excluding hydrogens is 266 g/mol. The Morgan fingerprint density at radius 2 is 2.00 bits per heavy atom. The number of aromatic amines is 1. The second-order valence-electron chi connectivity index (χ2n) is 4.63. The molecule has 0 unspecified atom stereocenters. The lowest BCUT2D eigenvalue weighted by Crippen LogP contribution is -2.39. The Balaban J connectivity index is 2.94. The topological polar surface area (TPSA) is 132 Å². The third-order valence-corrected chi connectivity index (χ3v) is 2.63. The van der Waals surface area contributed by atoms with Crippen molar-refractivity contribution < 1.29 is 19.8 Å². The van der Waals surface area contributed by atoms with Crippen LogP contribution in [-0.4, -0.2) is 44.7 Å². The number of rotatable bonds is 5. The van der Waals surface area contributed by atoms with Gasteiger partial charge in [0, 0.05) is 5.92 Å². The molecule has 0 saturated heterocycles. The molecule has 1 rings (SSSR count). The monoisotopic (exact) mass is 283 g/mol. The molecule has 4 N–H and O–H groups in total. The van der Waals surface area contributed by atoms with Gasteiger partial charge >= 0.3 is 5.97 Å². The molecule has 1 atom stereocenters. The quantitative estimate of drug-likeness (QED) is 0.569. The van der Waals surface area contributed by atoms with E-state index in [4.69, 9.17) is 10.2 Å². The molecule has 0 fully saturated rings. The first-order chi connectivity index (χ1) is 9.23. The van der Waals surface area contributed by atoms with Gasteiger partial charge in [-0.1, -0.05) is 13.8 Å². The number of carbonyl (C=O) groups excluding carboxylic acids is 1. The summed E-state index contributed by atoms with van der Waals surface area (Å²) < 4.78 is 0. The number of aliphatic carboxylic acids is 1. The van der Waals surface area contributed by atoms with Crippen LogP contribution >= 0.6 is 0 Å². The predicted molar refractivity (Wildman–Crippen MR) is 69.7 cm³/mol. The van der Waals surface area contributed by atoms with E-state index in [-0.39, 0.29) is 17.2 Å². The van der Waals surface area contributed by atoms with Crippen molar-refractivity contribution in [3.8, 4) is 0 Å². The summed E-state index contributed by atoms with van der Waals surface area (Å²) in [5, 5.41) is 19.7. The van der Waals surface area contributed by atoms with Crippen molar-refractivity contribution >= 4 is 11.9 Å². The summed E-state index contributed by atoms with van der Waals surface area (Å²) in [4.78, 5) is 40.7. The summed E-state index contributed by atoms with van der Waals surface area (Å²) in [6.45, 7) is 4.73. The summed E-state index contributed by atoms with van der Waals surface area (Å²) in [5.74, 6) is -1.75.